The van der Waals surface area contributed by atoms with Crippen LogP contribution in [-0.4, -0.2) is 106 Å². The van der Waals surface area contributed by atoms with E-state index in [0.717, 1.165) is 68.3 Å². The molecule has 3 aliphatic rings. The first-order valence-corrected chi connectivity index (χ1v) is 21.4. The maximum absolute atomic E-state index is 14.0. The topological polar surface area (TPSA) is 193 Å². The number of imidazole rings is 2. The van der Waals surface area contributed by atoms with Gasteiger partial charge in [-0.3, -0.25) is 9.59 Å². The first-order chi connectivity index (χ1) is 29.8. The van der Waals surface area contributed by atoms with E-state index in [1.165, 1.54) is 14.2 Å². The Kier molecular flexibility index (Phi) is 11.9. The number of benzene rings is 3. The van der Waals surface area contributed by atoms with E-state index in [9.17, 15) is 19.2 Å². The quantitative estimate of drug-likeness (QED) is 0.107. The fourth-order valence-electron chi connectivity index (χ4n) is 9.43. The molecule has 0 spiro atoms. The molecule has 8 rings (SSSR count). The molecule has 3 aliphatic heterocycles. The van der Waals surface area contributed by atoms with Crippen molar-refractivity contribution in [3.8, 4) is 28.1 Å². The van der Waals surface area contributed by atoms with Gasteiger partial charge in [0.25, 0.3) is 0 Å². The molecule has 6 atom stereocenters. The standard InChI is InChI=1S/C46H56N8O8/c1-23(2)38(51-45(57)60-7)43(55)53-20-26(21-59-6)15-36(53)41-47-19-34(49-41)28-10-12-30-29(16-28)22-62-37-18-31-27(17-32(30)37)11-13-33-40(31)50-42(48-33)35-14-9-25(5)54(35)44(56)39(24(3)4)52-46(58)61-8/h10-13,16-19,23-26,35-36,38-39H,9,14-15,20-22H2,1-8H3,(H,47,49)(H,48,50)(H,51,57)(H,52,58)/t25-,26-,35-,36?,38-,39-/m0/s1. The van der Waals surface area contributed by atoms with Crippen LogP contribution in [0, 0.1) is 17.8 Å². The Hall–Kier alpha value is -6.16. The number of amides is 4. The van der Waals surface area contributed by atoms with Crippen LogP contribution in [0.15, 0.2) is 48.7 Å². The molecule has 5 heterocycles. The number of ether oxygens (including phenoxy) is 4. The van der Waals surface area contributed by atoms with E-state index in [4.69, 9.17) is 28.9 Å². The van der Waals surface area contributed by atoms with Crippen molar-refractivity contribution in [2.45, 2.75) is 90.7 Å². The van der Waals surface area contributed by atoms with Crippen molar-refractivity contribution in [1.29, 1.82) is 0 Å². The number of fused-ring (bicyclic) bond motifs is 6. The monoisotopic (exact) mass is 848 g/mol. The lowest BCUT2D eigenvalue weighted by molar-refractivity contribution is -0.137. The summed E-state index contributed by atoms with van der Waals surface area (Å²) in [6.07, 6.45) is 2.73. The van der Waals surface area contributed by atoms with E-state index in [1.54, 1.807) is 18.2 Å². The molecule has 0 aliphatic carbocycles. The van der Waals surface area contributed by atoms with Crippen LogP contribution in [0.3, 0.4) is 0 Å². The van der Waals surface area contributed by atoms with Gasteiger partial charge in [-0.05, 0) is 84.4 Å². The number of likely N-dealkylation sites (tertiary alicyclic amines) is 2. The van der Waals surface area contributed by atoms with E-state index in [-0.39, 0.29) is 47.7 Å². The molecule has 16 nitrogen and oxygen atoms in total. The van der Waals surface area contributed by atoms with Crippen LogP contribution in [-0.2, 0) is 30.4 Å². The summed E-state index contributed by atoms with van der Waals surface area (Å²) in [5, 5.41) is 7.44. The van der Waals surface area contributed by atoms with Gasteiger partial charge < -0.3 is 49.3 Å². The number of aromatic amines is 2. The number of nitrogens with zero attached hydrogens (tertiary/aromatic N) is 4. The Morgan fingerprint density at radius 3 is 2.27 bits per heavy atom. The summed E-state index contributed by atoms with van der Waals surface area (Å²) in [5.74, 6) is 1.61. The first kappa shape index (κ1) is 42.5. The van der Waals surface area contributed by atoms with Crippen molar-refractivity contribution >= 4 is 45.8 Å². The SMILES string of the molecule is COC[C@H]1CC(c2ncc(-c3ccc4c(c3)COc3cc5c(ccc6nc([C@@H]7CC[C@H](C)N7C(=O)[C@@H](NC(=O)OC)C(C)C)[nH]c65)cc3-4)[nH]2)N(C(=O)[C@@H](NC(=O)OC)C(C)C)C1. The van der Waals surface area contributed by atoms with E-state index >= 15 is 0 Å². The predicted octanol–water partition coefficient (Wildman–Crippen LogP) is 7.01. The lowest BCUT2D eigenvalue weighted by Crippen LogP contribution is -2.52. The van der Waals surface area contributed by atoms with Gasteiger partial charge in [0, 0.05) is 36.6 Å². The van der Waals surface area contributed by atoms with Gasteiger partial charge in [0.15, 0.2) is 0 Å². The molecule has 16 heteroatoms. The van der Waals surface area contributed by atoms with Crippen molar-refractivity contribution in [3.05, 3.63) is 65.9 Å². The van der Waals surface area contributed by atoms with Crippen LogP contribution in [0.25, 0.3) is 44.2 Å². The summed E-state index contributed by atoms with van der Waals surface area (Å²) in [4.78, 5) is 72.8. The third-order valence-electron chi connectivity index (χ3n) is 12.7. The molecule has 0 radical (unpaired) electrons. The second kappa shape index (κ2) is 17.3. The van der Waals surface area contributed by atoms with Gasteiger partial charge in [0.05, 0.1) is 55.8 Å². The highest BCUT2D eigenvalue weighted by Gasteiger charge is 2.43. The first-order valence-electron chi connectivity index (χ1n) is 21.4. The van der Waals surface area contributed by atoms with Crippen LogP contribution in [0.4, 0.5) is 9.59 Å². The third kappa shape index (κ3) is 7.91. The van der Waals surface area contributed by atoms with E-state index in [1.807, 2.05) is 45.6 Å². The van der Waals surface area contributed by atoms with Crippen LogP contribution in [0.1, 0.15) is 83.2 Å². The molecular weight excluding hydrogens is 793 g/mol. The second-order valence-corrected chi connectivity index (χ2v) is 17.5. The van der Waals surface area contributed by atoms with Gasteiger partial charge in [-0.1, -0.05) is 45.9 Å². The highest BCUT2D eigenvalue weighted by molar-refractivity contribution is 6.07. The Morgan fingerprint density at radius 1 is 0.855 bits per heavy atom. The van der Waals surface area contributed by atoms with Gasteiger partial charge in [-0.15, -0.1) is 0 Å². The van der Waals surface area contributed by atoms with Gasteiger partial charge in [-0.2, -0.15) is 0 Å². The Bertz CT molecular complexity index is 2510. The molecular formula is C46H56N8O8. The predicted molar refractivity (Wildman–Crippen MR) is 232 cm³/mol. The third-order valence-corrected chi connectivity index (χ3v) is 12.7. The zero-order valence-electron chi connectivity index (χ0n) is 36.5. The second-order valence-electron chi connectivity index (χ2n) is 17.5. The van der Waals surface area contributed by atoms with Crippen molar-refractivity contribution in [2.75, 3.05) is 34.5 Å². The lowest BCUT2D eigenvalue weighted by atomic mass is 9.92. The Labute approximate surface area is 360 Å². The molecule has 0 saturated carbocycles. The Morgan fingerprint density at radius 2 is 1.58 bits per heavy atom. The minimum Gasteiger partial charge on any atom is -0.488 e. The fourth-order valence-corrected chi connectivity index (χ4v) is 9.43. The van der Waals surface area contributed by atoms with Gasteiger partial charge >= 0.3 is 12.2 Å². The molecule has 0 bridgehead atoms. The number of alkyl carbamates (subject to hydrolysis) is 2. The molecule has 3 aromatic carbocycles. The molecule has 4 N–H and O–H groups in total. The summed E-state index contributed by atoms with van der Waals surface area (Å²) >= 11 is 0. The van der Waals surface area contributed by atoms with Crippen molar-refractivity contribution < 1.29 is 38.1 Å². The number of H-pyrrole nitrogens is 2. The minimum atomic E-state index is -0.754. The highest BCUT2D eigenvalue weighted by Crippen LogP contribution is 2.44. The molecule has 2 saturated heterocycles. The molecule has 5 aromatic rings. The largest absolute Gasteiger partial charge is 0.488 e. The van der Waals surface area contributed by atoms with Gasteiger partial charge in [-0.25, -0.2) is 19.6 Å². The number of methoxy groups -OCH3 is 3. The maximum Gasteiger partial charge on any atom is 0.407 e. The molecule has 4 amide bonds. The molecule has 1 unspecified atom stereocenters. The zero-order valence-corrected chi connectivity index (χ0v) is 36.5. The number of nitrogens with one attached hydrogen (secondary N) is 4. The van der Waals surface area contributed by atoms with E-state index in [0.29, 0.717) is 37.8 Å². The normalized spacial score (nSPS) is 20.5. The highest BCUT2D eigenvalue weighted by atomic mass is 16.5. The van der Waals surface area contributed by atoms with Crippen molar-refractivity contribution in [2.24, 2.45) is 17.8 Å². The number of carbonyl (C=O) groups is 4. The van der Waals surface area contributed by atoms with E-state index < -0.39 is 24.3 Å². The number of carbonyl (C=O) groups excluding carboxylic acids is 4. The lowest BCUT2D eigenvalue weighted by Gasteiger charge is -2.32. The number of hydrogen-bond acceptors (Lipinski definition) is 10. The smallest absolute Gasteiger partial charge is 0.407 e. The minimum absolute atomic E-state index is 0.0301. The van der Waals surface area contributed by atoms with Crippen molar-refractivity contribution in [3.63, 3.8) is 0 Å². The summed E-state index contributed by atoms with van der Waals surface area (Å²) in [6, 6.07) is 12.5. The average Bonchev–Trinajstić information content (AvgIpc) is 4.09. The summed E-state index contributed by atoms with van der Waals surface area (Å²) in [5.41, 5.74) is 6.51. The molecule has 2 aromatic heterocycles. The van der Waals surface area contributed by atoms with Crippen LogP contribution < -0.4 is 15.4 Å². The Balaban J connectivity index is 1.05. The summed E-state index contributed by atoms with van der Waals surface area (Å²) in [6.45, 7) is 11.0. The maximum atomic E-state index is 14.0. The number of hydrogen-bond donors (Lipinski definition) is 4. The van der Waals surface area contributed by atoms with Crippen LogP contribution in [0.2, 0.25) is 0 Å². The molecule has 62 heavy (non-hydrogen) atoms. The zero-order chi connectivity index (χ0) is 44.0. The van der Waals surface area contributed by atoms with Crippen molar-refractivity contribution in [1.82, 2.24) is 40.4 Å². The van der Waals surface area contributed by atoms with E-state index in [2.05, 4.69) is 57.0 Å². The summed E-state index contributed by atoms with van der Waals surface area (Å²) < 4.78 is 21.6. The van der Waals surface area contributed by atoms with Crippen LogP contribution in [0.5, 0.6) is 5.75 Å². The number of aromatic nitrogens is 4. The van der Waals surface area contributed by atoms with Gasteiger partial charge in [0.2, 0.25) is 11.8 Å². The number of rotatable bonds is 11. The summed E-state index contributed by atoms with van der Waals surface area (Å²) in [7, 11) is 4.23. The average molecular weight is 849 g/mol. The molecule has 328 valence electrons. The van der Waals surface area contributed by atoms with Crippen LogP contribution >= 0.6 is 0 Å². The molecule has 2 fully saturated rings. The fraction of sp³-hybridized carbons (Fsp3) is 0.478. The van der Waals surface area contributed by atoms with Gasteiger partial charge in [0.1, 0.15) is 36.1 Å².